The van der Waals surface area contributed by atoms with Crippen LogP contribution in [0.5, 0.6) is 0 Å². The molecule has 0 bridgehead atoms. The van der Waals surface area contributed by atoms with E-state index in [1.165, 1.54) is 0 Å². The molecule has 10 heteroatoms. The van der Waals surface area contributed by atoms with Crippen molar-refractivity contribution in [2.75, 3.05) is 6.61 Å². The van der Waals surface area contributed by atoms with Gasteiger partial charge in [-0.3, -0.25) is 23.9 Å². The van der Waals surface area contributed by atoms with Gasteiger partial charge in [-0.1, -0.05) is 13.8 Å². The topological polar surface area (TPSA) is 117 Å². The predicted molar refractivity (Wildman–Crippen MR) is 80.9 cm³/mol. The Balaban J connectivity index is 2.25. The SMILES string of the molecule is CCC(=O)OCC1CC(OC(=O)CC)OC1n1cc(F)c(=O)[nH]c1=O. The summed E-state index contributed by atoms with van der Waals surface area (Å²) in [6.45, 7) is 3.13. The highest BCUT2D eigenvalue weighted by molar-refractivity contribution is 5.69. The number of aromatic nitrogens is 2. The lowest BCUT2D eigenvalue weighted by Crippen LogP contribution is -2.36. The van der Waals surface area contributed by atoms with Gasteiger partial charge in [0.2, 0.25) is 12.1 Å². The lowest BCUT2D eigenvalue weighted by molar-refractivity contribution is -0.181. The molecular formula is C15H19FN2O7. The van der Waals surface area contributed by atoms with Crippen LogP contribution in [0.4, 0.5) is 4.39 Å². The number of nitrogens with zero attached hydrogens (tertiary/aromatic N) is 1. The summed E-state index contributed by atoms with van der Waals surface area (Å²) < 4.78 is 30.0. The van der Waals surface area contributed by atoms with E-state index in [9.17, 15) is 23.6 Å². The number of hydrogen-bond acceptors (Lipinski definition) is 7. The number of halogens is 1. The molecule has 9 nitrogen and oxygen atoms in total. The van der Waals surface area contributed by atoms with Gasteiger partial charge in [-0.2, -0.15) is 4.39 Å². The van der Waals surface area contributed by atoms with Crippen molar-refractivity contribution in [3.63, 3.8) is 0 Å². The molecule has 0 radical (unpaired) electrons. The second-order valence-corrected chi connectivity index (χ2v) is 5.48. The first-order valence-corrected chi connectivity index (χ1v) is 7.87. The monoisotopic (exact) mass is 358 g/mol. The van der Waals surface area contributed by atoms with Crippen molar-refractivity contribution >= 4 is 11.9 Å². The van der Waals surface area contributed by atoms with Gasteiger partial charge in [0.15, 0.2) is 0 Å². The van der Waals surface area contributed by atoms with E-state index in [1.54, 1.807) is 13.8 Å². The van der Waals surface area contributed by atoms with E-state index >= 15 is 0 Å². The molecular weight excluding hydrogens is 339 g/mol. The summed E-state index contributed by atoms with van der Waals surface area (Å²) in [6, 6.07) is 0. The molecule has 2 rings (SSSR count). The highest BCUT2D eigenvalue weighted by Gasteiger charge is 2.40. The number of esters is 2. The number of ether oxygens (including phenoxy) is 3. The Bertz CT molecular complexity index is 757. The fraction of sp³-hybridized carbons (Fsp3) is 0.600. The molecule has 1 fully saturated rings. The molecule has 1 aromatic rings. The first-order valence-electron chi connectivity index (χ1n) is 7.87. The smallest absolute Gasteiger partial charge is 0.330 e. The Morgan fingerprint density at radius 3 is 2.64 bits per heavy atom. The van der Waals surface area contributed by atoms with Crippen LogP contribution in [0.15, 0.2) is 15.8 Å². The number of rotatable bonds is 6. The zero-order chi connectivity index (χ0) is 18.6. The fourth-order valence-electron chi connectivity index (χ4n) is 2.39. The van der Waals surface area contributed by atoms with Gasteiger partial charge >= 0.3 is 17.6 Å². The lowest BCUT2D eigenvalue weighted by atomic mass is 10.1. The minimum atomic E-state index is -1.17. The van der Waals surface area contributed by atoms with E-state index in [0.717, 1.165) is 4.57 Å². The Labute approximate surface area is 141 Å². The van der Waals surface area contributed by atoms with Crippen LogP contribution >= 0.6 is 0 Å². The van der Waals surface area contributed by atoms with Crippen molar-refractivity contribution in [1.29, 1.82) is 0 Å². The van der Waals surface area contributed by atoms with Gasteiger partial charge in [0.25, 0.3) is 5.56 Å². The first kappa shape index (κ1) is 18.8. The van der Waals surface area contributed by atoms with Crippen LogP contribution < -0.4 is 11.2 Å². The number of aromatic amines is 1. The maximum Gasteiger partial charge on any atom is 0.330 e. The average molecular weight is 358 g/mol. The van der Waals surface area contributed by atoms with Gasteiger partial charge in [0.05, 0.1) is 12.8 Å². The molecule has 1 aliphatic heterocycles. The number of carbonyl (C=O) groups is 2. The molecule has 1 N–H and O–H groups in total. The zero-order valence-electron chi connectivity index (χ0n) is 13.8. The standard InChI is InChI=1S/C15H19FN2O7/c1-3-10(19)23-7-8-5-12(24-11(20)4-2)25-14(8)18-6-9(16)13(21)17-15(18)22/h6,8,12,14H,3-5,7H2,1-2H3,(H,17,21,22). The molecule has 1 aliphatic rings. The summed E-state index contributed by atoms with van der Waals surface area (Å²) in [5.74, 6) is -2.68. The molecule has 2 heterocycles. The van der Waals surface area contributed by atoms with E-state index in [-0.39, 0.29) is 25.9 Å². The molecule has 3 unspecified atom stereocenters. The summed E-state index contributed by atoms with van der Waals surface area (Å²) in [4.78, 5) is 47.7. The summed E-state index contributed by atoms with van der Waals surface area (Å²) in [5, 5.41) is 0. The van der Waals surface area contributed by atoms with E-state index in [1.807, 2.05) is 4.98 Å². The predicted octanol–water partition coefficient (Wildman–Crippen LogP) is 0.443. The second-order valence-electron chi connectivity index (χ2n) is 5.48. The van der Waals surface area contributed by atoms with E-state index in [0.29, 0.717) is 6.20 Å². The summed E-state index contributed by atoms with van der Waals surface area (Å²) >= 11 is 0. The van der Waals surface area contributed by atoms with E-state index in [2.05, 4.69) is 0 Å². The first-order chi connectivity index (χ1) is 11.8. The molecule has 138 valence electrons. The van der Waals surface area contributed by atoms with Crippen LogP contribution in [0.1, 0.15) is 39.3 Å². The number of nitrogens with one attached hydrogen (secondary N) is 1. The summed E-state index contributed by atoms with van der Waals surface area (Å²) in [7, 11) is 0. The van der Waals surface area contributed by atoms with Gasteiger partial charge in [0, 0.05) is 25.2 Å². The molecule has 0 amide bonds. The molecule has 0 aliphatic carbocycles. The maximum absolute atomic E-state index is 13.5. The molecule has 1 saturated heterocycles. The minimum Gasteiger partial charge on any atom is -0.465 e. The second kappa shape index (κ2) is 8.06. The largest absolute Gasteiger partial charge is 0.465 e. The van der Waals surface area contributed by atoms with Crippen LogP contribution in [-0.4, -0.2) is 34.4 Å². The molecule has 25 heavy (non-hydrogen) atoms. The molecule has 3 atom stereocenters. The number of hydrogen-bond donors (Lipinski definition) is 1. The quantitative estimate of drug-likeness (QED) is 0.734. The van der Waals surface area contributed by atoms with Crippen LogP contribution in [0.3, 0.4) is 0 Å². The van der Waals surface area contributed by atoms with Crippen LogP contribution in [0, 0.1) is 11.7 Å². The average Bonchev–Trinajstić information content (AvgIpc) is 2.98. The van der Waals surface area contributed by atoms with E-state index in [4.69, 9.17) is 14.2 Å². The van der Waals surface area contributed by atoms with Crippen molar-refractivity contribution in [3.8, 4) is 0 Å². The summed E-state index contributed by atoms with van der Waals surface area (Å²) in [5.41, 5.74) is -2.03. The van der Waals surface area contributed by atoms with Gasteiger partial charge in [-0.25, -0.2) is 4.79 Å². The third kappa shape index (κ3) is 4.53. The number of carbonyl (C=O) groups excluding carboxylic acids is 2. The highest BCUT2D eigenvalue weighted by atomic mass is 19.1. The molecule has 0 aromatic carbocycles. The van der Waals surface area contributed by atoms with Gasteiger partial charge in [-0.05, 0) is 0 Å². The van der Waals surface area contributed by atoms with Crippen molar-refractivity contribution in [2.45, 2.75) is 45.6 Å². The van der Waals surface area contributed by atoms with Crippen LogP contribution in [-0.2, 0) is 23.8 Å². The van der Waals surface area contributed by atoms with Crippen molar-refractivity contribution < 1.29 is 28.2 Å². The highest BCUT2D eigenvalue weighted by Crippen LogP contribution is 2.34. The molecule has 1 aromatic heterocycles. The Hall–Kier alpha value is -2.49. The minimum absolute atomic E-state index is 0.106. The van der Waals surface area contributed by atoms with Gasteiger partial charge in [0.1, 0.15) is 6.23 Å². The zero-order valence-corrected chi connectivity index (χ0v) is 13.8. The Morgan fingerprint density at radius 1 is 1.32 bits per heavy atom. The Morgan fingerprint density at radius 2 is 2.00 bits per heavy atom. The normalized spacial score (nSPS) is 22.6. The fourth-order valence-corrected chi connectivity index (χ4v) is 2.39. The maximum atomic E-state index is 13.5. The van der Waals surface area contributed by atoms with Crippen molar-refractivity contribution in [1.82, 2.24) is 9.55 Å². The van der Waals surface area contributed by atoms with Gasteiger partial charge in [-0.15, -0.1) is 0 Å². The van der Waals surface area contributed by atoms with Crippen molar-refractivity contribution in [2.24, 2.45) is 5.92 Å². The van der Waals surface area contributed by atoms with Crippen LogP contribution in [0.2, 0.25) is 0 Å². The van der Waals surface area contributed by atoms with Crippen LogP contribution in [0.25, 0.3) is 0 Å². The molecule has 0 spiro atoms. The van der Waals surface area contributed by atoms with Gasteiger partial charge < -0.3 is 14.2 Å². The third-order valence-corrected chi connectivity index (χ3v) is 3.69. The third-order valence-electron chi connectivity index (χ3n) is 3.69. The number of H-pyrrole nitrogens is 1. The lowest BCUT2D eigenvalue weighted by Gasteiger charge is -2.20. The Kier molecular flexibility index (Phi) is 6.07. The van der Waals surface area contributed by atoms with Crippen molar-refractivity contribution in [3.05, 3.63) is 32.9 Å². The summed E-state index contributed by atoms with van der Waals surface area (Å²) in [6.07, 6.45) is -0.860. The molecule has 0 saturated carbocycles. The van der Waals surface area contributed by atoms with E-state index < -0.39 is 47.4 Å².